The minimum absolute atomic E-state index is 0.0182. The highest BCUT2D eigenvalue weighted by molar-refractivity contribution is 4.58. The van der Waals surface area contributed by atoms with Gasteiger partial charge in [-0.2, -0.15) is 0 Å². The summed E-state index contributed by atoms with van der Waals surface area (Å²) < 4.78 is 0.0182. The van der Waals surface area contributed by atoms with E-state index in [0.29, 0.717) is 0 Å². The highest BCUT2D eigenvalue weighted by atomic mass is 16.5. The summed E-state index contributed by atoms with van der Waals surface area (Å²) >= 11 is 0. The van der Waals surface area contributed by atoms with Crippen LogP contribution in [0.1, 0.15) is 6.92 Å². The second kappa shape index (κ2) is 2.86. The van der Waals surface area contributed by atoms with Gasteiger partial charge in [0.05, 0.1) is 19.6 Å². The van der Waals surface area contributed by atoms with Crippen molar-refractivity contribution in [3.63, 3.8) is 0 Å². The van der Waals surface area contributed by atoms with Gasteiger partial charge in [0.15, 0.2) is 0 Å². The lowest BCUT2D eigenvalue weighted by Gasteiger charge is -2.46. The molecule has 1 fully saturated rings. The Hall–Kier alpha value is -0.120. The summed E-state index contributed by atoms with van der Waals surface area (Å²) in [5, 5.41) is 11.5. The topological polar surface area (TPSA) is 26.3 Å². The second-order valence-corrected chi connectivity index (χ2v) is 3.12. The number of rotatable bonds is 1. The zero-order chi connectivity index (χ0) is 7.61. The third-order valence-corrected chi connectivity index (χ3v) is 2.35. The van der Waals surface area contributed by atoms with Crippen LogP contribution in [-0.4, -0.2) is 49.3 Å². The first kappa shape index (κ1) is 7.98. The lowest BCUT2D eigenvalue weighted by molar-refractivity contribution is -0.883. The molecule has 0 aromatic rings. The molecule has 0 atom stereocenters. The first-order valence-electron chi connectivity index (χ1n) is 3.92. The van der Waals surface area contributed by atoms with Crippen LogP contribution < -0.4 is 0 Å². The molecule has 0 amide bonds. The van der Waals surface area contributed by atoms with E-state index in [-0.39, 0.29) is 4.65 Å². The Morgan fingerprint density at radius 2 is 1.90 bits per heavy atom. The van der Waals surface area contributed by atoms with Gasteiger partial charge in [0.25, 0.3) is 0 Å². The molecule has 0 aromatic carbocycles. The molecule has 3 nitrogen and oxygen atoms in total. The van der Waals surface area contributed by atoms with Crippen molar-refractivity contribution in [3.05, 3.63) is 5.21 Å². The highest BCUT2D eigenvalue weighted by Crippen LogP contribution is 2.08. The third kappa shape index (κ3) is 1.68. The number of piperazine rings is 1. The van der Waals surface area contributed by atoms with E-state index >= 15 is 0 Å². The van der Waals surface area contributed by atoms with Crippen molar-refractivity contribution in [2.24, 2.45) is 0 Å². The van der Waals surface area contributed by atoms with E-state index < -0.39 is 0 Å². The van der Waals surface area contributed by atoms with E-state index in [2.05, 4.69) is 11.9 Å². The van der Waals surface area contributed by atoms with Crippen molar-refractivity contribution in [2.75, 3.05) is 39.8 Å². The molecule has 1 heterocycles. The normalized spacial score (nSPS) is 26.7. The molecule has 0 bridgehead atoms. The van der Waals surface area contributed by atoms with Crippen LogP contribution in [0.15, 0.2) is 0 Å². The van der Waals surface area contributed by atoms with Gasteiger partial charge in [0.1, 0.15) is 0 Å². The number of hydroxylamine groups is 3. The van der Waals surface area contributed by atoms with E-state index in [9.17, 15) is 5.21 Å². The van der Waals surface area contributed by atoms with E-state index in [1.54, 1.807) is 0 Å². The van der Waals surface area contributed by atoms with E-state index in [1.165, 1.54) is 0 Å². The Morgan fingerprint density at radius 3 is 2.30 bits per heavy atom. The summed E-state index contributed by atoms with van der Waals surface area (Å²) in [7, 11) is 2.07. The van der Waals surface area contributed by atoms with Crippen LogP contribution in [0.5, 0.6) is 0 Å². The molecule has 0 saturated carbocycles. The Labute approximate surface area is 62.4 Å². The molecule has 1 saturated heterocycles. The van der Waals surface area contributed by atoms with Crippen molar-refractivity contribution in [3.8, 4) is 0 Å². The fourth-order valence-corrected chi connectivity index (χ4v) is 1.25. The molecule has 1 aliphatic rings. The Bertz CT molecular complexity index is 108. The number of quaternary nitrogens is 1. The number of hydrogen-bond donors (Lipinski definition) is 0. The van der Waals surface area contributed by atoms with Crippen LogP contribution >= 0.6 is 0 Å². The van der Waals surface area contributed by atoms with Gasteiger partial charge in [-0.25, -0.2) is 0 Å². The lowest BCUT2D eigenvalue weighted by Crippen LogP contribution is -2.54. The summed E-state index contributed by atoms with van der Waals surface area (Å²) in [6.07, 6.45) is 0. The van der Waals surface area contributed by atoms with Crippen LogP contribution in [-0.2, 0) is 0 Å². The average molecular weight is 144 g/mol. The van der Waals surface area contributed by atoms with Gasteiger partial charge in [0, 0.05) is 13.1 Å². The fourth-order valence-electron chi connectivity index (χ4n) is 1.25. The lowest BCUT2D eigenvalue weighted by atomic mass is 10.3. The van der Waals surface area contributed by atoms with Crippen molar-refractivity contribution < 1.29 is 4.65 Å². The molecule has 10 heavy (non-hydrogen) atoms. The van der Waals surface area contributed by atoms with Gasteiger partial charge in [-0.3, -0.25) is 4.90 Å². The van der Waals surface area contributed by atoms with Crippen LogP contribution in [0.4, 0.5) is 0 Å². The number of likely N-dealkylation sites (N-methyl/N-ethyl adjacent to an activating group) is 2. The van der Waals surface area contributed by atoms with Crippen LogP contribution in [0, 0.1) is 5.21 Å². The Morgan fingerprint density at radius 1 is 1.40 bits per heavy atom. The van der Waals surface area contributed by atoms with Gasteiger partial charge >= 0.3 is 0 Å². The minimum atomic E-state index is 0.0182. The second-order valence-electron chi connectivity index (χ2n) is 3.12. The van der Waals surface area contributed by atoms with Gasteiger partial charge in [0.2, 0.25) is 0 Å². The van der Waals surface area contributed by atoms with Gasteiger partial charge in [-0.1, -0.05) is 0 Å². The molecule has 1 aliphatic heterocycles. The zero-order valence-electron chi connectivity index (χ0n) is 6.84. The molecule has 3 heteroatoms. The van der Waals surface area contributed by atoms with Crippen molar-refractivity contribution in [1.29, 1.82) is 0 Å². The molecule has 0 radical (unpaired) electrons. The zero-order valence-corrected chi connectivity index (χ0v) is 6.84. The fraction of sp³-hybridized carbons (Fsp3) is 1.00. The largest absolute Gasteiger partial charge is 0.633 e. The summed E-state index contributed by atoms with van der Waals surface area (Å²) in [6.45, 7) is 6.15. The summed E-state index contributed by atoms with van der Waals surface area (Å²) in [6, 6.07) is 0. The summed E-state index contributed by atoms with van der Waals surface area (Å²) in [5.41, 5.74) is 0. The maximum Gasteiger partial charge on any atom is 0.0913 e. The van der Waals surface area contributed by atoms with Gasteiger partial charge in [-0.15, -0.1) is 0 Å². The summed E-state index contributed by atoms with van der Waals surface area (Å²) in [5.74, 6) is 0. The highest BCUT2D eigenvalue weighted by Gasteiger charge is 2.20. The van der Waals surface area contributed by atoms with Gasteiger partial charge in [-0.05, 0) is 14.0 Å². The average Bonchev–Trinajstić information content (AvgIpc) is 1.96. The Kier molecular flexibility index (Phi) is 2.28. The predicted octanol–water partition coefficient (Wildman–Crippen LogP) is 0.266. The van der Waals surface area contributed by atoms with Crippen LogP contribution in [0.3, 0.4) is 0 Å². The van der Waals surface area contributed by atoms with Crippen LogP contribution in [0.2, 0.25) is 0 Å². The van der Waals surface area contributed by atoms with Crippen molar-refractivity contribution in [1.82, 2.24) is 4.90 Å². The monoisotopic (exact) mass is 144 g/mol. The SMILES string of the molecule is CC[N+]1([O-])CCN(C)CC1. The number of hydrogen-bond acceptors (Lipinski definition) is 2. The maximum absolute atomic E-state index is 11.5. The summed E-state index contributed by atoms with van der Waals surface area (Å²) in [4.78, 5) is 2.21. The number of nitrogens with zero attached hydrogens (tertiary/aromatic N) is 2. The Balaban J connectivity index is 2.38. The smallest absolute Gasteiger partial charge is 0.0913 e. The van der Waals surface area contributed by atoms with E-state index in [1.807, 2.05) is 6.92 Å². The first-order valence-corrected chi connectivity index (χ1v) is 3.92. The van der Waals surface area contributed by atoms with Crippen molar-refractivity contribution in [2.45, 2.75) is 6.92 Å². The van der Waals surface area contributed by atoms with Crippen molar-refractivity contribution >= 4 is 0 Å². The molecule has 0 unspecified atom stereocenters. The molecule has 0 N–H and O–H groups in total. The first-order chi connectivity index (χ1) is 4.66. The van der Waals surface area contributed by atoms with E-state index in [4.69, 9.17) is 0 Å². The quantitative estimate of drug-likeness (QED) is 0.390. The predicted molar refractivity (Wildman–Crippen MR) is 41.4 cm³/mol. The maximum atomic E-state index is 11.5. The minimum Gasteiger partial charge on any atom is -0.633 e. The molecule has 60 valence electrons. The molecule has 0 aromatic heterocycles. The van der Waals surface area contributed by atoms with E-state index in [0.717, 1.165) is 32.7 Å². The standard InChI is InChI=1S/C7H16N2O/c1-3-9(10)6-4-8(2)5-7-9/h3-7H2,1-2H3. The third-order valence-electron chi connectivity index (χ3n) is 2.35. The van der Waals surface area contributed by atoms with Crippen LogP contribution in [0.25, 0.3) is 0 Å². The molecule has 1 rings (SSSR count). The molecular formula is C7H16N2O. The molecule has 0 spiro atoms. The van der Waals surface area contributed by atoms with Gasteiger partial charge < -0.3 is 9.85 Å². The molecule has 0 aliphatic carbocycles. The molecular weight excluding hydrogens is 128 g/mol.